The molecule has 1 aliphatic heterocycles. The monoisotopic (exact) mass is 213 g/mol. The molecule has 15 heavy (non-hydrogen) atoms. The molecule has 1 heterocycles. The van der Waals surface area contributed by atoms with E-state index in [0.29, 0.717) is 12.5 Å². The molecule has 4 N–H and O–H groups in total. The quantitative estimate of drug-likeness (QED) is 0.576. The molecule has 0 aliphatic carbocycles. The number of rotatable bonds is 5. The van der Waals surface area contributed by atoms with E-state index in [9.17, 15) is 9.59 Å². The Balaban J connectivity index is 2.19. The molecule has 2 amide bonds. The van der Waals surface area contributed by atoms with Gasteiger partial charge in [0.2, 0.25) is 11.8 Å². The molecule has 86 valence electrons. The largest absolute Gasteiger partial charge is 0.370 e. The highest BCUT2D eigenvalue weighted by atomic mass is 16.2. The van der Waals surface area contributed by atoms with Gasteiger partial charge >= 0.3 is 0 Å². The van der Waals surface area contributed by atoms with Gasteiger partial charge in [-0.25, -0.2) is 0 Å². The summed E-state index contributed by atoms with van der Waals surface area (Å²) in [4.78, 5) is 22.1. The third-order valence-electron chi connectivity index (χ3n) is 2.51. The maximum atomic E-state index is 11.5. The third kappa shape index (κ3) is 4.78. The summed E-state index contributed by atoms with van der Waals surface area (Å²) in [7, 11) is 0. The Bertz CT molecular complexity index is 237. The van der Waals surface area contributed by atoms with Crippen molar-refractivity contribution in [3.8, 4) is 0 Å². The molecular weight excluding hydrogens is 194 g/mol. The van der Waals surface area contributed by atoms with Gasteiger partial charge in [0, 0.05) is 24.9 Å². The molecule has 1 fully saturated rings. The van der Waals surface area contributed by atoms with Crippen molar-refractivity contribution >= 4 is 11.8 Å². The minimum absolute atomic E-state index is 0.0110. The van der Waals surface area contributed by atoms with Crippen LogP contribution in [0.25, 0.3) is 0 Å². The standard InChI is InChI=1S/C10H19N3O2/c1-7(5-9(11)14)13-10(15)6-8-3-2-4-12-8/h7-8,12H,2-6H2,1H3,(H2,11,14)(H,13,15). The van der Waals surface area contributed by atoms with Crippen LogP contribution < -0.4 is 16.4 Å². The van der Waals surface area contributed by atoms with Crippen LogP contribution in [0.4, 0.5) is 0 Å². The Kier molecular flexibility index (Phi) is 4.55. The highest BCUT2D eigenvalue weighted by Gasteiger charge is 2.18. The van der Waals surface area contributed by atoms with Gasteiger partial charge in [0.25, 0.3) is 0 Å². The van der Waals surface area contributed by atoms with E-state index in [1.165, 1.54) is 0 Å². The lowest BCUT2D eigenvalue weighted by Gasteiger charge is -2.14. The first-order valence-electron chi connectivity index (χ1n) is 5.39. The lowest BCUT2D eigenvalue weighted by molar-refractivity contribution is -0.122. The van der Waals surface area contributed by atoms with Gasteiger partial charge in [-0.1, -0.05) is 0 Å². The Morgan fingerprint density at radius 2 is 2.33 bits per heavy atom. The highest BCUT2D eigenvalue weighted by Crippen LogP contribution is 2.08. The Morgan fingerprint density at radius 1 is 1.60 bits per heavy atom. The van der Waals surface area contributed by atoms with Gasteiger partial charge in [-0.2, -0.15) is 0 Å². The molecule has 2 atom stereocenters. The number of nitrogens with two attached hydrogens (primary N) is 1. The van der Waals surface area contributed by atoms with Crippen molar-refractivity contribution in [3.05, 3.63) is 0 Å². The molecule has 1 saturated heterocycles. The van der Waals surface area contributed by atoms with Gasteiger partial charge < -0.3 is 16.4 Å². The van der Waals surface area contributed by atoms with E-state index >= 15 is 0 Å². The van der Waals surface area contributed by atoms with E-state index in [4.69, 9.17) is 5.73 Å². The molecule has 0 aromatic carbocycles. The molecule has 0 spiro atoms. The van der Waals surface area contributed by atoms with Crippen molar-refractivity contribution in [2.45, 2.75) is 44.7 Å². The number of hydrogen-bond donors (Lipinski definition) is 3. The van der Waals surface area contributed by atoms with Gasteiger partial charge in [-0.15, -0.1) is 0 Å². The lowest BCUT2D eigenvalue weighted by Crippen LogP contribution is -2.38. The fourth-order valence-corrected chi connectivity index (χ4v) is 1.84. The fraction of sp³-hybridized carbons (Fsp3) is 0.800. The summed E-state index contributed by atoms with van der Waals surface area (Å²) in [6, 6.07) is 0.127. The number of amides is 2. The smallest absolute Gasteiger partial charge is 0.221 e. The predicted octanol–water partition coefficient (Wildman–Crippen LogP) is -0.491. The van der Waals surface area contributed by atoms with Gasteiger partial charge in [-0.3, -0.25) is 9.59 Å². The van der Waals surface area contributed by atoms with Crippen LogP contribution >= 0.6 is 0 Å². The van der Waals surface area contributed by atoms with Crippen LogP contribution in [-0.4, -0.2) is 30.4 Å². The summed E-state index contributed by atoms with van der Waals surface area (Å²) < 4.78 is 0. The average Bonchev–Trinajstić information content (AvgIpc) is 2.53. The van der Waals surface area contributed by atoms with E-state index in [-0.39, 0.29) is 24.3 Å². The van der Waals surface area contributed by atoms with Crippen molar-refractivity contribution in [1.82, 2.24) is 10.6 Å². The third-order valence-corrected chi connectivity index (χ3v) is 2.51. The predicted molar refractivity (Wildman–Crippen MR) is 57.1 cm³/mol. The van der Waals surface area contributed by atoms with Gasteiger partial charge in [0.15, 0.2) is 0 Å². The van der Waals surface area contributed by atoms with E-state index < -0.39 is 0 Å². The SMILES string of the molecule is CC(CC(N)=O)NC(=O)CC1CCCN1. The van der Waals surface area contributed by atoms with Gasteiger partial charge in [0.1, 0.15) is 0 Å². The number of primary amides is 1. The second kappa shape index (κ2) is 5.70. The summed E-state index contributed by atoms with van der Waals surface area (Å²) in [5, 5.41) is 6.01. The molecular formula is C10H19N3O2. The van der Waals surface area contributed by atoms with Crippen molar-refractivity contribution in [3.63, 3.8) is 0 Å². The minimum Gasteiger partial charge on any atom is -0.370 e. The molecule has 1 aliphatic rings. The number of hydrogen-bond acceptors (Lipinski definition) is 3. The first kappa shape index (κ1) is 12.0. The van der Waals surface area contributed by atoms with Gasteiger partial charge in [-0.05, 0) is 26.3 Å². The summed E-state index contributed by atoms with van der Waals surface area (Å²) in [6.07, 6.45) is 2.87. The van der Waals surface area contributed by atoms with Crippen LogP contribution in [0.5, 0.6) is 0 Å². The summed E-state index contributed by atoms with van der Waals surface area (Å²) >= 11 is 0. The average molecular weight is 213 g/mol. The molecule has 5 nitrogen and oxygen atoms in total. The Hall–Kier alpha value is -1.10. The van der Waals surface area contributed by atoms with Crippen molar-refractivity contribution in [2.24, 2.45) is 5.73 Å². The summed E-state index contributed by atoms with van der Waals surface area (Å²) in [6.45, 7) is 2.78. The highest BCUT2D eigenvalue weighted by molar-refractivity contribution is 5.79. The Labute approximate surface area is 89.8 Å². The number of nitrogens with one attached hydrogen (secondary N) is 2. The lowest BCUT2D eigenvalue weighted by atomic mass is 10.1. The van der Waals surface area contributed by atoms with E-state index in [2.05, 4.69) is 10.6 Å². The maximum absolute atomic E-state index is 11.5. The maximum Gasteiger partial charge on any atom is 0.221 e. The minimum atomic E-state index is -0.387. The normalized spacial score (nSPS) is 22.3. The van der Waals surface area contributed by atoms with E-state index in [1.54, 1.807) is 6.92 Å². The molecule has 0 saturated carbocycles. The molecule has 0 aromatic rings. The zero-order valence-electron chi connectivity index (χ0n) is 9.08. The van der Waals surface area contributed by atoms with Crippen LogP contribution in [0, 0.1) is 0 Å². The molecule has 5 heteroatoms. The first-order chi connectivity index (χ1) is 7.08. The van der Waals surface area contributed by atoms with Crippen molar-refractivity contribution < 1.29 is 9.59 Å². The number of carbonyl (C=O) groups is 2. The molecule has 1 rings (SSSR count). The zero-order chi connectivity index (χ0) is 11.3. The topological polar surface area (TPSA) is 84.2 Å². The molecule has 2 unspecified atom stereocenters. The van der Waals surface area contributed by atoms with E-state index in [1.807, 2.05) is 0 Å². The number of carbonyl (C=O) groups excluding carboxylic acids is 2. The van der Waals surface area contributed by atoms with Crippen LogP contribution in [0.3, 0.4) is 0 Å². The van der Waals surface area contributed by atoms with Crippen LogP contribution in [-0.2, 0) is 9.59 Å². The second-order valence-corrected chi connectivity index (χ2v) is 4.14. The van der Waals surface area contributed by atoms with Crippen molar-refractivity contribution in [1.29, 1.82) is 0 Å². The van der Waals surface area contributed by atoms with Crippen LogP contribution in [0.2, 0.25) is 0 Å². The zero-order valence-corrected chi connectivity index (χ0v) is 9.08. The Morgan fingerprint density at radius 3 is 2.87 bits per heavy atom. The molecule has 0 aromatic heterocycles. The van der Waals surface area contributed by atoms with Gasteiger partial charge in [0.05, 0.1) is 0 Å². The fourth-order valence-electron chi connectivity index (χ4n) is 1.84. The summed E-state index contributed by atoms with van der Waals surface area (Å²) in [5.41, 5.74) is 5.03. The molecule has 0 radical (unpaired) electrons. The molecule has 0 bridgehead atoms. The summed E-state index contributed by atoms with van der Waals surface area (Å²) in [5.74, 6) is -0.398. The van der Waals surface area contributed by atoms with E-state index in [0.717, 1.165) is 19.4 Å². The van der Waals surface area contributed by atoms with Crippen LogP contribution in [0.1, 0.15) is 32.6 Å². The van der Waals surface area contributed by atoms with Crippen molar-refractivity contribution in [2.75, 3.05) is 6.54 Å². The second-order valence-electron chi connectivity index (χ2n) is 4.14. The first-order valence-corrected chi connectivity index (χ1v) is 5.39. The van der Waals surface area contributed by atoms with Crippen LogP contribution in [0.15, 0.2) is 0 Å².